The molecule has 7 heteroatoms. The van der Waals surface area contributed by atoms with E-state index in [0.29, 0.717) is 21.8 Å². The first-order valence-electron chi connectivity index (χ1n) is 8.12. The predicted octanol–water partition coefficient (Wildman–Crippen LogP) is 3.83. The van der Waals surface area contributed by atoms with Crippen LogP contribution in [0.15, 0.2) is 71.3 Å². The lowest BCUT2D eigenvalue weighted by Gasteiger charge is -2.26. The van der Waals surface area contributed by atoms with Crippen LogP contribution in [0, 0.1) is 0 Å². The number of furan rings is 1. The van der Waals surface area contributed by atoms with Crippen LogP contribution in [-0.2, 0) is 0 Å². The van der Waals surface area contributed by atoms with Gasteiger partial charge in [0.1, 0.15) is 6.67 Å². The predicted molar refractivity (Wildman–Crippen MR) is 98.8 cm³/mol. The van der Waals surface area contributed by atoms with Crippen molar-refractivity contribution in [3.8, 4) is 0 Å². The number of carbonyl (C=O) groups excluding carboxylic acids is 3. The van der Waals surface area contributed by atoms with E-state index >= 15 is 0 Å². The zero-order valence-electron chi connectivity index (χ0n) is 14.0. The largest absolute Gasteiger partial charge is 0.459 e. The summed E-state index contributed by atoms with van der Waals surface area (Å²) in [7, 11) is 0. The van der Waals surface area contributed by atoms with Crippen LogP contribution in [0.4, 0.5) is 5.69 Å². The number of fused-ring (bicyclic) bond motifs is 1. The van der Waals surface area contributed by atoms with E-state index in [0.717, 1.165) is 4.90 Å². The van der Waals surface area contributed by atoms with Gasteiger partial charge < -0.3 is 4.42 Å². The molecular weight excluding hydrogens is 368 g/mol. The summed E-state index contributed by atoms with van der Waals surface area (Å²) in [6.45, 7) is -0.243. The molecule has 134 valence electrons. The van der Waals surface area contributed by atoms with Gasteiger partial charge in [-0.25, -0.2) is 0 Å². The van der Waals surface area contributed by atoms with Crippen LogP contribution in [0.3, 0.4) is 0 Å². The second kappa shape index (κ2) is 6.74. The quantitative estimate of drug-likeness (QED) is 0.645. The lowest BCUT2D eigenvalue weighted by molar-refractivity contribution is 0.0649. The molecule has 0 fully saturated rings. The van der Waals surface area contributed by atoms with Crippen molar-refractivity contribution < 1.29 is 18.8 Å². The lowest BCUT2D eigenvalue weighted by atomic mass is 10.1. The number of carbonyl (C=O) groups is 3. The number of nitrogens with zero attached hydrogens (tertiary/aromatic N) is 2. The van der Waals surface area contributed by atoms with Crippen LogP contribution >= 0.6 is 11.6 Å². The molecular formula is C20H13ClN2O4. The molecule has 0 radical (unpaired) electrons. The third-order valence-electron chi connectivity index (χ3n) is 4.28. The normalized spacial score (nSPS) is 13.0. The monoisotopic (exact) mass is 380 g/mol. The molecule has 0 unspecified atom stereocenters. The van der Waals surface area contributed by atoms with Crippen molar-refractivity contribution in [3.05, 3.63) is 88.8 Å². The molecule has 3 aromatic rings. The van der Waals surface area contributed by atoms with Gasteiger partial charge in [-0.1, -0.05) is 23.7 Å². The molecule has 0 saturated carbocycles. The van der Waals surface area contributed by atoms with E-state index in [9.17, 15) is 14.4 Å². The number of amides is 3. The number of benzene rings is 2. The van der Waals surface area contributed by atoms with Gasteiger partial charge in [-0.15, -0.1) is 0 Å². The second-order valence-electron chi connectivity index (χ2n) is 5.91. The first kappa shape index (κ1) is 17.1. The molecule has 4 rings (SSSR count). The number of hydrogen-bond donors (Lipinski definition) is 0. The molecule has 0 aliphatic carbocycles. The Hall–Kier alpha value is -3.38. The Labute approximate surface area is 159 Å². The molecule has 27 heavy (non-hydrogen) atoms. The topological polar surface area (TPSA) is 70.8 Å². The molecule has 1 aliphatic rings. The smallest absolute Gasteiger partial charge is 0.295 e. The Balaban J connectivity index is 1.70. The van der Waals surface area contributed by atoms with Crippen LogP contribution in [0.2, 0.25) is 5.02 Å². The van der Waals surface area contributed by atoms with Crippen molar-refractivity contribution in [2.45, 2.75) is 0 Å². The maximum Gasteiger partial charge on any atom is 0.295 e. The minimum absolute atomic E-state index is 0.0987. The summed E-state index contributed by atoms with van der Waals surface area (Å²) in [4.78, 5) is 40.6. The standard InChI is InChI=1S/C20H13ClN2O4/c21-13-7-9-14(10-8-13)22(20(26)17-6-3-11-27-17)12-23-18(24)15-4-1-2-5-16(15)19(23)25/h1-11H,12H2. The summed E-state index contributed by atoms with van der Waals surface area (Å²) in [5.74, 6) is -1.26. The number of hydrogen-bond acceptors (Lipinski definition) is 4. The Morgan fingerprint density at radius 2 is 1.56 bits per heavy atom. The minimum Gasteiger partial charge on any atom is -0.459 e. The molecule has 6 nitrogen and oxygen atoms in total. The van der Waals surface area contributed by atoms with E-state index in [1.54, 1.807) is 54.6 Å². The van der Waals surface area contributed by atoms with Crippen molar-refractivity contribution in [3.63, 3.8) is 0 Å². The van der Waals surface area contributed by atoms with Gasteiger partial charge in [0.25, 0.3) is 17.7 Å². The van der Waals surface area contributed by atoms with Gasteiger partial charge in [0.2, 0.25) is 0 Å². The molecule has 1 aliphatic heterocycles. The van der Waals surface area contributed by atoms with Crippen molar-refractivity contribution in [1.29, 1.82) is 0 Å². The van der Waals surface area contributed by atoms with Gasteiger partial charge in [-0.3, -0.25) is 24.2 Å². The number of rotatable bonds is 4. The summed E-state index contributed by atoms with van der Waals surface area (Å²) in [5.41, 5.74) is 1.13. The highest BCUT2D eigenvalue weighted by Gasteiger charge is 2.37. The average molecular weight is 381 g/mol. The molecule has 2 aromatic carbocycles. The van der Waals surface area contributed by atoms with Gasteiger partial charge in [-0.05, 0) is 48.5 Å². The third kappa shape index (κ3) is 3.00. The Kier molecular flexibility index (Phi) is 4.25. The van der Waals surface area contributed by atoms with Gasteiger partial charge in [0.05, 0.1) is 17.4 Å². The lowest BCUT2D eigenvalue weighted by Crippen LogP contribution is -2.44. The van der Waals surface area contributed by atoms with Crippen LogP contribution in [0.5, 0.6) is 0 Å². The van der Waals surface area contributed by atoms with Gasteiger partial charge in [0, 0.05) is 10.7 Å². The Morgan fingerprint density at radius 3 is 2.11 bits per heavy atom. The van der Waals surface area contributed by atoms with Crippen molar-refractivity contribution in [1.82, 2.24) is 4.90 Å². The van der Waals surface area contributed by atoms with Crippen LogP contribution in [0.1, 0.15) is 31.3 Å². The summed E-state index contributed by atoms with van der Waals surface area (Å²) in [5, 5.41) is 0.505. The number of anilines is 1. The van der Waals surface area contributed by atoms with Crippen LogP contribution in [0.25, 0.3) is 0 Å². The maximum absolute atomic E-state index is 12.9. The van der Waals surface area contributed by atoms with Crippen LogP contribution in [-0.4, -0.2) is 29.3 Å². The number of halogens is 1. The Morgan fingerprint density at radius 1 is 0.926 bits per heavy atom. The zero-order chi connectivity index (χ0) is 19.0. The van der Waals surface area contributed by atoms with Crippen molar-refractivity contribution in [2.75, 3.05) is 11.6 Å². The molecule has 0 N–H and O–H groups in total. The first-order chi connectivity index (χ1) is 13.1. The highest BCUT2D eigenvalue weighted by molar-refractivity contribution is 6.30. The molecule has 1 aromatic heterocycles. The summed E-state index contributed by atoms with van der Waals surface area (Å²) in [6, 6.07) is 16.2. The highest BCUT2D eigenvalue weighted by Crippen LogP contribution is 2.26. The number of imide groups is 1. The van der Waals surface area contributed by atoms with E-state index in [4.69, 9.17) is 16.0 Å². The summed E-state index contributed by atoms with van der Waals surface area (Å²) < 4.78 is 5.20. The van der Waals surface area contributed by atoms with Crippen molar-refractivity contribution >= 4 is 35.0 Å². The minimum atomic E-state index is -0.473. The van der Waals surface area contributed by atoms with Gasteiger partial charge in [-0.2, -0.15) is 0 Å². The van der Waals surface area contributed by atoms with E-state index in [1.807, 2.05) is 0 Å². The molecule has 0 atom stereocenters. The first-order valence-corrected chi connectivity index (χ1v) is 8.50. The fourth-order valence-corrected chi connectivity index (χ4v) is 3.05. The highest BCUT2D eigenvalue weighted by atomic mass is 35.5. The Bertz CT molecular complexity index is 993. The zero-order valence-corrected chi connectivity index (χ0v) is 14.7. The molecule has 0 bridgehead atoms. The second-order valence-corrected chi connectivity index (χ2v) is 6.35. The van der Waals surface area contributed by atoms with E-state index in [-0.39, 0.29) is 12.4 Å². The van der Waals surface area contributed by atoms with Crippen LogP contribution < -0.4 is 4.90 Å². The molecule has 0 saturated heterocycles. The van der Waals surface area contributed by atoms with Crippen molar-refractivity contribution in [2.24, 2.45) is 0 Å². The fraction of sp³-hybridized carbons (Fsp3) is 0.0500. The maximum atomic E-state index is 12.9. The average Bonchev–Trinajstić information content (AvgIpc) is 3.30. The van der Waals surface area contributed by atoms with E-state index in [2.05, 4.69) is 0 Å². The SMILES string of the molecule is O=C1c2ccccc2C(=O)N1CN(C(=O)c1ccco1)c1ccc(Cl)cc1. The van der Waals surface area contributed by atoms with E-state index < -0.39 is 17.7 Å². The van der Waals surface area contributed by atoms with E-state index in [1.165, 1.54) is 17.2 Å². The molecule has 2 heterocycles. The summed E-state index contributed by atoms with van der Waals surface area (Å²) in [6.07, 6.45) is 1.38. The third-order valence-corrected chi connectivity index (χ3v) is 4.53. The van der Waals surface area contributed by atoms with Gasteiger partial charge in [0.15, 0.2) is 5.76 Å². The fourth-order valence-electron chi connectivity index (χ4n) is 2.93. The van der Waals surface area contributed by atoms with Gasteiger partial charge >= 0.3 is 0 Å². The molecule has 0 spiro atoms. The summed E-state index contributed by atoms with van der Waals surface area (Å²) >= 11 is 5.93. The molecule has 3 amide bonds.